The molecule has 0 bridgehead atoms. The van der Waals surface area contributed by atoms with E-state index in [0.29, 0.717) is 24.7 Å². The van der Waals surface area contributed by atoms with Gasteiger partial charge in [0.2, 0.25) is 0 Å². The summed E-state index contributed by atoms with van der Waals surface area (Å²) in [7, 11) is -3.17. The van der Waals surface area contributed by atoms with Crippen molar-refractivity contribution in [3.63, 3.8) is 0 Å². The third-order valence-corrected chi connectivity index (χ3v) is 3.88. The van der Waals surface area contributed by atoms with E-state index in [1.165, 1.54) is 18.4 Å². The second kappa shape index (κ2) is 6.49. The highest BCUT2D eigenvalue weighted by atomic mass is 32.2. The fraction of sp³-hybridized carbons (Fsp3) is 0.200. The molecule has 0 aliphatic heterocycles. The molecule has 0 aliphatic carbocycles. The van der Waals surface area contributed by atoms with Crippen LogP contribution >= 0.6 is 0 Å². The summed E-state index contributed by atoms with van der Waals surface area (Å²) < 4.78 is 33.6. The van der Waals surface area contributed by atoms with Crippen molar-refractivity contribution in [1.29, 1.82) is 0 Å². The lowest BCUT2D eigenvalue weighted by Gasteiger charge is -2.09. The van der Waals surface area contributed by atoms with Gasteiger partial charge in [-0.1, -0.05) is 0 Å². The Labute approximate surface area is 124 Å². The van der Waals surface area contributed by atoms with Gasteiger partial charge in [-0.15, -0.1) is 0 Å². The minimum absolute atomic E-state index is 0.271. The van der Waals surface area contributed by atoms with Crippen molar-refractivity contribution in [2.75, 3.05) is 25.2 Å². The molecule has 0 saturated heterocycles. The molecule has 0 amide bonds. The van der Waals surface area contributed by atoms with Gasteiger partial charge < -0.3 is 15.2 Å². The maximum absolute atomic E-state index is 11.3. The Bertz CT molecular complexity index is 679. The quantitative estimate of drug-likeness (QED) is 0.653. The molecule has 0 saturated carbocycles. The van der Waals surface area contributed by atoms with E-state index >= 15 is 0 Å². The van der Waals surface area contributed by atoms with Gasteiger partial charge in [0.15, 0.2) is 9.84 Å². The summed E-state index contributed by atoms with van der Waals surface area (Å²) >= 11 is 0. The molecular formula is C15H17NO4S. The summed E-state index contributed by atoms with van der Waals surface area (Å²) in [4.78, 5) is 0.271. The first kappa shape index (κ1) is 15.2. The number of sulfone groups is 1. The van der Waals surface area contributed by atoms with Gasteiger partial charge in [-0.25, -0.2) is 8.42 Å². The lowest BCUT2D eigenvalue weighted by molar-refractivity contribution is 0.217. The zero-order valence-corrected chi connectivity index (χ0v) is 12.5. The first-order chi connectivity index (χ1) is 9.95. The highest BCUT2D eigenvalue weighted by Gasteiger charge is 2.06. The molecule has 0 fully saturated rings. The average Bonchev–Trinajstić information content (AvgIpc) is 2.45. The summed E-state index contributed by atoms with van der Waals surface area (Å²) in [6.45, 7) is 0.750. The summed E-state index contributed by atoms with van der Waals surface area (Å²) in [6, 6.07) is 13.4. The number of rotatable bonds is 6. The van der Waals surface area contributed by atoms with Crippen LogP contribution in [0.15, 0.2) is 53.4 Å². The Balaban J connectivity index is 1.80. The maximum Gasteiger partial charge on any atom is 0.175 e. The van der Waals surface area contributed by atoms with Gasteiger partial charge in [0.1, 0.15) is 24.7 Å². The highest BCUT2D eigenvalue weighted by Crippen LogP contribution is 2.16. The number of benzene rings is 2. The number of hydrogen-bond donors (Lipinski definition) is 1. The molecule has 2 aromatic carbocycles. The number of hydrogen-bond acceptors (Lipinski definition) is 5. The molecular weight excluding hydrogens is 290 g/mol. The second-order valence-electron chi connectivity index (χ2n) is 4.51. The van der Waals surface area contributed by atoms with Crippen LogP contribution in [0.25, 0.3) is 0 Å². The van der Waals surface area contributed by atoms with Crippen LogP contribution < -0.4 is 15.2 Å². The van der Waals surface area contributed by atoms with Crippen molar-refractivity contribution in [1.82, 2.24) is 0 Å². The molecule has 2 aromatic rings. The van der Waals surface area contributed by atoms with E-state index < -0.39 is 9.84 Å². The summed E-state index contributed by atoms with van der Waals surface area (Å²) in [5, 5.41) is 0. The molecule has 6 heteroatoms. The Morgan fingerprint density at radius 1 is 0.857 bits per heavy atom. The molecule has 21 heavy (non-hydrogen) atoms. The third-order valence-electron chi connectivity index (χ3n) is 2.75. The maximum atomic E-state index is 11.3. The van der Waals surface area contributed by atoms with Crippen LogP contribution in [-0.2, 0) is 9.84 Å². The van der Waals surface area contributed by atoms with E-state index in [2.05, 4.69) is 0 Å². The SMILES string of the molecule is CS(=O)(=O)c1ccc(OCCOc2ccc(N)cc2)cc1. The summed E-state index contributed by atoms with van der Waals surface area (Å²) in [6.07, 6.45) is 1.17. The van der Waals surface area contributed by atoms with E-state index in [-0.39, 0.29) is 4.90 Å². The molecule has 0 aromatic heterocycles. The fourth-order valence-corrected chi connectivity index (χ4v) is 2.30. The molecule has 0 spiro atoms. The average molecular weight is 307 g/mol. The van der Waals surface area contributed by atoms with Crippen LogP contribution in [0.4, 0.5) is 5.69 Å². The molecule has 2 rings (SSSR count). The van der Waals surface area contributed by atoms with Crippen molar-refractivity contribution < 1.29 is 17.9 Å². The van der Waals surface area contributed by atoms with Gasteiger partial charge in [0.05, 0.1) is 4.90 Å². The molecule has 0 aliphatic rings. The van der Waals surface area contributed by atoms with Gasteiger partial charge in [0.25, 0.3) is 0 Å². The zero-order valence-electron chi connectivity index (χ0n) is 11.7. The highest BCUT2D eigenvalue weighted by molar-refractivity contribution is 7.90. The van der Waals surface area contributed by atoms with Crippen LogP contribution in [0.3, 0.4) is 0 Å². The molecule has 2 N–H and O–H groups in total. The number of nitrogens with two attached hydrogens (primary N) is 1. The Kier molecular flexibility index (Phi) is 4.70. The van der Waals surface area contributed by atoms with Crippen LogP contribution in [0.5, 0.6) is 11.5 Å². The van der Waals surface area contributed by atoms with Gasteiger partial charge in [-0.2, -0.15) is 0 Å². The number of anilines is 1. The van der Waals surface area contributed by atoms with Gasteiger partial charge in [-0.3, -0.25) is 0 Å². The van der Waals surface area contributed by atoms with Gasteiger partial charge in [0, 0.05) is 11.9 Å². The number of ether oxygens (including phenoxy) is 2. The van der Waals surface area contributed by atoms with E-state index in [0.717, 1.165) is 5.75 Å². The van der Waals surface area contributed by atoms with E-state index in [1.54, 1.807) is 36.4 Å². The molecule has 0 radical (unpaired) electrons. The third kappa shape index (κ3) is 4.68. The molecule has 0 atom stereocenters. The van der Waals surface area contributed by atoms with Crippen LogP contribution in [0, 0.1) is 0 Å². The predicted molar refractivity (Wildman–Crippen MR) is 81.4 cm³/mol. The first-order valence-electron chi connectivity index (χ1n) is 6.36. The molecule has 0 heterocycles. The minimum atomic E-state index is -3.17. The van der Waals surface area contributed by atoms with Crippen molar-refractivity contribution in [2.24, 2.45) is 0 Å². The van der Waals surface area contributed by atoms with Crippen molar-refractivity contribution in [3.8, 4) is 11.5 Å². The topological polar surface area (TPSA) is 78.6 Å². The van der Waals surface area contributed by atoms with Crippen molar-refractivity contribution >= 4 is 15.5 Å². The van der Waals surface area contributed by atoms with Crippen LogP contribution in [0.1, 0.15) is 0 Å². The van der Waals surface area contributed by atoms with Crippen LogP contribution in [0.2, 0.25) is 0 Å². The van der Waals surface area contributed by atoms with E-state index in [9.17, 15) is 8.42 Å². The molecule has 0 unspecified atom stereocenters. The Morgan fingerprint density at radius 2 is 1.29 bits per heavy atom. The van der Waals surface area contributed by atoms with E-state index in [4.69, 9.17) is 15.2 Å². The minimum Gasteiger partial charge on any atom is -0.490 e. The Hall–Kier alpha value is -2.21. The zero-order chi connectivity index (χ0) is 15.3. The first-order valence-corrected chi connectivity index (χ1v) is 8.25. The van der Waals surface area contributed by atoms with Gasteiger partial charge >= 0.3 is 0 Å². The van der Waals surface area contributed by atoms with Crippen molar-refractivity contribution in [2.45, 2.75) is 4.90 Å². The smallest absolute Gasteiger partial charge is 0.175 e. The summed E-state index contributed by atoms with van der Waals surface area (Å²) in [5.74, 6) is 1.32. The standard InChI is InChI=1S/C15H17NO4S/c1-21(17,18)15-8-6-14(7-9-15)20-11-10-19-13-4-2-12(16)3-5-13/h2-9H,10-11,16H2,1H3. The lowest BCUT2D eigenvalue weighted by atomic mass is 10.3. The van der Waals surface area contributed by atoms with Crippen molar-refractivity contribution in [3.05, 3.63) is 48.5 Å². The molecule has 5 nitrogen and oxygen atoms in total. The molecule has 112 valence electrons. The Morgan fingerprint density at radius 3 is 1.71 bits per heavy atom. The monoisotopic (exact) mass is 307 g/mol. The van der Waals surface area contributed by atoms with E-state index in [1.807, 2.05) is 0 Å². The predicted octanol–water partition coefficient (Wildman–Crippen LogP) is 2.13. The second-order valence-corrected chi connectivity index (χ2v) is 6.53. The lowest BCUT2D eigenvalue weighted by Crippen LogP contribution is -2.09. The van der Waals surface area contributed by atoms with Gasteiger partial charge in [-0.05, 0) is 48.5 Å². The largest absolute Gasteiger partial charge is 0.490 e. The van der Waals surface area contributed by atoms with Crippen LogP contribution in [-0.4, -0.2) is 27.9 Å². The number of nitrogen functional groups attached to an aromatic ring is 1. The fourth-order valence-electron chi connectivity index (χ4n) is 1.67. The summed E-state index contributed by atoms with van der Waals surface area (Å²) in [5.41, 5.74) is 6.26. The normalized spacial score (nSPS) is 11.1.